The van der Waals surface area contributed by atoms with Crippen LogP contribution in [0.1, 0.15) is 25.3 Å². The highest BCUT2D eigenvalue weighted by Gasteiger charge is 2.36. The second kappa shape index (κ2) is 6.99. The molecule has 0 aliphatic carbocycles. The van der Waals surface area contributed by atoms with Gasteiger partial charge in [-0.25, -0.2) is 0 Å². The molecule has 1 amide bonds. The van der Waals surface area contributed by atoms with Gasteiger partial charge in [-0.05, 0) is 31.4 Å². The maximum Gasteiger partial charge on any atom is 0.220 e. The summed E-state index contributed by atoms with van der Waals surface area (Å²) >= 11 is 6.12. The lowest BCUT2D eigenvalue weighted by Crippen LogP contribution is -2.45. The molecule has 1 aromatic rings. The van der Waals surface area contributed by atoms with Gasteiger partial charge in [-0.1, -0.05) is 29.8 Å². The molecule has 4 nitrogen and oxygen atoms in total. The zero-order valence-electron chi connectivity index (χ0n) is 12.9. The van der Waals surface area contributed by atoms with Crippen molar-refractivity contribution in [1.82, 2.24) is 10.2 Å². The van der Waals surface area contributed by atoms with E-state index in [0.29, 0.717) is 25.0 Å². The van der Waals surface area contributed by atoms with E-state index in [1.807, 2.05) is 24.3 Å². The fourth-order valence-electron chi connectivity index (χ4n) is 3.39. The third kappa shape index (κ3) is 3.80. The Hall–Kier alpha value is -1.10. The van der Waals surface area contributed by atoms with E-state index < -0.39 is 0 Å². The second-order valence-electron chi connectivity index (χ2n) is 6.34. The van der Waals surface area contributed by atoms with Crippen molar-refractivity contribution >= 4 is 17.5 Å². The molecule has 0 bridgehead atoms. The van der Waals surface area contributed by atoms with Gasteiger partial charge in [0.05, 0.1) is 12.7 Å². The predicted octanol–water partition coefficient (Wildman–Crippen LogP) is 2.25. The van der Waals surface area contributed by atoms with Crippen molar-refractivity contribution < 1.29 is 9.53 Å². The minimum absolute atomic E-state index is 0.110. The van der Waals surface area contributed by atoms with Gasteiger partial charge in [0.2, 0.25) is 5.91 Å². The number of halogens is 1. The Kier molecular flexibility index (Phi) is 5.01. The molecule has 1 N–H and O–H groups in total. The first kappa shape index (κ1) is 15.8. The van der Waals surface area contributed by atoms with E-state index in [1.54, 1.807) is 0 Å². The number of morpholine rings is 1. The minimum Gasteiger partial charge on any atom is -0.376 e. The number of rotatable bonds is 4. The van der Waals surface area contributed by atoms with E-state index in [0.717, 1.165) is 36.7 Å². The molecular weight excluding hydrogens is 300 g/mol. The maximum atomic E-state index is 12.1. The molecule has 2 aliphatic rings. The molecule has 3 rings (SSSR count). The molecule has 2 fully saturated rings. The Labute approximate surface area is 136 Å². The van der Waals surface area contributed by atoms with E-state index in [2.05, 4.69) is 17.1 Å². The van der Waals surface area contributed by atoms with Gasteiger partial charge in [-0.2, -0.15) is 0 Å². The van der Waals surface area contributed by atoms with Crippen molar-refractivity contribution in [2.24, 2.45) is 0 Å². The Morgan fingerprint density at radius 1 is 1.41 bits per heavy atom. The molecule has 2 heterocycles. The molecule has 2 aliphatic heterocycles. The number of aryl methyl sites for hydroxylation is 1. The number of ether oxygens (including phenoxy) is 1. The average molecular weight is 323 g/mol. The first-order valence-electron chi connectivity index (χ1n) is 8.00. The lowest BCUT2D eigenvalue weighted by Gasteiger charge is -2.33. The molecular formula is C17H23ClN2O2. The van der Waals surface area contributed by atoms with Gasteiger partial charge < -0.3 is 10.1 Å². The fraction of sp³-hybridized carbons (Fsp3) is 0.588. The van der Waals surface area contributed by atoms with Crippen LogP contribution in [0.5, 0.6) is 0 Å². The molecule has 120 valence electrons. The average Bonchev–Trinajstić information content (AvgIpc) is 2.87. The number of fused-ring (bicyclic) bond motifs is 1. The van der Waals surface area contributed by atoms with E-state index >= 15 is 0 Å². The third-order valence-electron chi connectivity index (χ3n) is 4.54. The predicted molar refractivity (Wildman–Crippen MR) is 87.1 cm³/mol. The number of carbonyl (C=O) groups excluding carboxylic acids is 1. The summed E-state index contributed by atoms with van der Waals surface area (Å²) in [5, 5.41) is 3.90. The topological polar surface area (TPSA) is 41.6 Å². The van der Waals surface area contributed by atoms with Crippen molar-refractivity contribution in [3.05, 3.63) is 34.9 Å². The summed E-state index contributed by atoms with van der Waals surface area (Å²) in [7, 11) is 0. The molecule has 2 saturated heterocycles. The first-order valence-corrected chi connectivity index (χ1v) is 8.38. The third-order valence-corrected chi connectivity index (χ3v) is 4.91. The molecule has 3 atom stereocenters. The summed E-state index contributed by atoms with van der Waals surface area (Å²) in [5.41, 5.74) is 1.03. The van der Waals surface area contributed by atoms with Crippen LogP contribution in [-0.4, -0.2) is 48.7 Å². The molecule has 0 radical (unpaired) electrons. The molecule has 0 aromatic heterocycles. The number of nitrogens with one attached hydrogen (secondary N) is 1. The monoisotopic (exact) mass is 322 g/mol. The number of benzene rings is 1. The Balaban J connectivity index is 1.46. The fourth-order valence-corrected chi connectivity index (χ4v) is 3.62. The van der Waals surface area contributed by atoms with Crippen molar-refractivity contribution in [2.45, 2.75) is 44.4 Å². The van der Waals surface area contributed by atoms with Gasteiger partial charge in [0.25, 0.3) is 0 Å². The van der Waals surface area contributed by atoms with Crippen LogP contribution in [0.3, 0.4) is 0 Å². The highest BCUT2D eigenvalue weighted by Crippen LogP contribution is 2.23. The molecule has 22 heavy (non-hydrogen) atoms. The van der Waals surface area contributed by atoms with Gasteiger partial charge in [0.1, 0.15) is 0 Å². The number of nitrogens with zero attached hydrogens (tertiary/aromatic N) is 1. The molecule has 0 saturated carbocycles. The highest BCUT2D eigenvalue weighted by molar-refractivity contribution is 6.31. The summed E-state index contributed by atoms with van der Waals surface area (Å²) in [6.45, 7) is 4.80. The van der Waals surface area contributed by atoms with Gasteiger partial charge >= 0.3 is 0 Å². The smallest absolute Gasteiger partial charge is 0.220 e. The van der Waals surface area contributed by atoms with Crippen LogP contribution in [0, 0.1) is 0 Å². The van der Waals surface area contributed by atoms with Crippen LogP contribution in [0.4, 0.5) is 0 Å². The Bertz CT molecular complexity index is 537. The van der Waals surface area contributed by atoms with Gasteiger partial charge in [-0.15, -0.1) is 0 Å². The lowest BCUT2D eigenvalue weighted by molar-refractivity contribution is -0.121. The number of amides is 1. The summed E-state index contributed by atoms with van der Waals surface area (Å²) < 4.78 is 5.69. The van der Waals surface area contributed by atoms with Gasteiger partial charge in [0.15, 0.2) is 0 Å². The number of hydrogen-bond donors (Lipinski definition) is 1. The summed E-state index contributed by atoms with van der Waals surface area (Å²) in [5.74, 6) is 0.110. The molecule has 1 aromatic carbocycles. The quantitative estimate of drug-likeness (QED) is 0.924. The lowest BCUT2D eigenvalue weighted by atomic mass is 10.1. The summed E-state index contributed by atoms with van der Waals surface area (Å²) in [4.78, 5) is 14.6. The van der Waals surface area contributed by atoms with Crippen molar-refractivity contribution in [1.29, 1.82) is 0 Å². The minimum atomic E-state index is 0.110. The van der Waals surface area contributed by atoms with Crippen molar-refractivity contribution in [3.8, 4) is 0 Å². The largest absolute Gasteiger partial charge is 0.376 e. The van der Waals surface area contributed by atoms with Gasteiger partial charge in [-0.3, -0.25) is 9.69 Å². The first-order chi connectivity index (χ1) is 10.6. The van der Waals surface area contributed by atoms with Crippen LogP contribution < -0.4 is 5.32 Å². The molecule has 5 heteroatoms. The highest BCUT2D eigenvalue weighted by atomic mass is 35.5. The second-order valence-corrected chi connectivity index (χ2v) is 6.75. The van der Waals surface area contributed by atoms with E-state index in [4.69, 9.17) is 16.3 Å². The van der Waals surface area contributed by atoms with Gasteiger partial charge in [0, 0.05) is 36.6 Å². The SMILES string of the molecule is C[C@@H]1CN2C[C@@H](NC(=O)CCc3ccccc3Cl)C[C@H]2CO1. The van der Waals surface area contributed by atoms with Crippen LogP contribution in [0.15, 0.2) is 24.3 Å². The zero-order valence-corrected chi connectivity index (χ0v) is 13.7. The van der Waals surface area contributed by atoms with Crippen LogP contribution in [-0.2, 0) is 16.0 Å². The summed E-state index contributed by atoms with van der Waals surface area (Å²) in [6, 6.07) is 8.41. The zero-order chi connectivity index (χ0) is 15.5. The van der Waals surface area contributed by atoms with Crippen LogP contribution in [0.25, 0.3) is 0 Å². The van der Waals surface area contributed by atoms with Crippen molar-refractivity contribution in [3.63, 3.8) is 0 Å². The normalized spacial score (nSPS) is 28.4. The van der Waals surface area contributed by atoms with Crippen LogP contribution in [0.2, 0.25) is 5.02 Å². The maximum absolute atomic E-state index is 12.1. The number of carbonyl (C=O) groups is 1. The Morgan fingerprint density at radius 3 is 3.05 bits per heavy atom. The molecule has 0 unspecified atom stereocenters. The van der Waals surface area contributed by atoms with Crippen molar-refractivity contribution in [2.75, 3.05) is 19.7 Å². The Morgan fingerprint density at radius 2 is 2.23 bits per heavy atom. The van der Waals surface area contributed by atoms with E-state index in [1.165, 1.54) is 0 Å². The molecule has 0 spiro atoms. The van der Waals surface area contributed by atoms with E-state index in [9.17, 15) is 4.79 Å². The summed E-state index contributed by atoms with van der Waals surface area (Å²) in [6.07, 6.45) is 2.46. The number of hydrogen-bond acceptors (Lipinski definition) is 3. The van der Waals surface area contributed by atoms with E-state index in [-0.39, 0.29) is 11.9 Å². The van der Waals surface area contributed by atoms with Crippen LogP contribution >= 0.6 is 11.6 Å². The standard InChI is InChI=1S/C17H23ClN2O2/c1-12-9-20-10-14(8-15(20)11-22-12)19-17(21)7-6-13-4-2-3-5-16(13)18/h2-5,12,14-15H,6-11H2,1H3,(H,19,21)/t12-,14+,15+/m1/s1.